The van der Waals surface area contributed by atoms with Crippen molar-refractivity contribution in [3.63, 3.8) is 0 Å². The molecule has 2 heterocycles. The molecule has 42 heavy (non-hydrogen) atoms. The summed E-state index contributed by atoms with van der Waals surface area (Å²) in [5.41, 5.74) is 4.97. The lowest BCUT2D eigenvalue weighted by Gasteiger charge is -2.27. The third kappa shape index (κ3) is 5.97. The van der Waals surface area contributed by atoms with Crippen LogP contribution in [0.25, 0.3) is 11.2 Å². The molecular weight excluding hydrogens is 536 g/mol. The first kappa shape index (κ1) is 29.1. The molecule has 1 fully saturated rings. The molecule has 1 amide bonds. The maximum Gasteiger partial charge on any atom is 0.519 e. The van der Waals surface area contributed by atoms with E-state index in [2.05, 4.69) is 19.2 Å². The first-order chi connectivity index (χ1) is 20.3. The summed E-state index contributed by atoms with van der Waals surface area (Å²) in [6.07, 6.45) is 2.42. The van der Waals surface area contributed by atoms with Crippen LogP contribution < -0.4 is 15.9 Å². The van der Waals surface area contributed by atoms with E-state index in [1.807, 2.05) is 54.3 Å². The van der Waals surface area contributed by atoms with Gasteiger partial charge >= 0.3 is 11.8 Å². The molecule has 1 aliphatic rings. The zero-order valence-electron chi connectivity index (χ0n) is 24.1. The van der Waals surface area contributed by atoms with E-state index >= 15 is 0 Å². The summed E-state index contributed by atoms with van der Waals surface area (Å²) in [7, 11) is 0. The number of carbonyl (C=O) groups is 2. The average Bonchev–Trinajstić information content (AvgIpc) is 3.55. The van der Waals surface area contributed by atoms with Gasteiger partial charge in [0.15, 0.2) is 11.2 Å². The number of likely N-dealkylation sites (tertiary alicyclic amines) is 1. The highest BCUT2D eigenvalue weighted by molar-refractivity contribution is 5.94. The standard InChI is InChI=1S/C33H36N2O7/c1-4-16-40-24-13-10-22(11-14-24)31-29(32(37)38)25(23-12-15-26-27(17-23)42-33(39)41-26)18-35(31)19-28(36)34-30-20(5-2)8-7-9-21(30)6-3/h7-15,17,25,29,31H,4-6,16,18-19H2,1-3H3,(H,34,36)(H,37,38)/t25-,29?,31+/m1/s1. The summed E-state index contributed by atoms with van der Waals surface area (Å²) in [4.78, 5) is 40.0. The van der Waals surface area contributed by atoms with Gasteiger partial charge in [-0.1, -0.05) is 57.2 Å². The maximum atomic E-state index is 13.6. The number of carboxylic acid groups (broad SMARTS) is 1. The first-order valence-corrected chi connectivity index (χ1v) is 14.5. The highest BCUT2D eigenvalue weighted by atomic mass is 16.6. The van der Waals surface area contributed by atoms with Crippen molar-refractivity contribution in [1.29, 1.82) is 0 Å². The van der Waals surface area contributed by atoms with Crippen LogP contribution in [0.15, 0.2) is 74.3 Å². The van der Waals surface area contributed by atoms with Gasteiger partial charge in [-0.3, -0.25) is 14.5 Å². The molecule has 1 aromatic heterocycles. The maximum absolute atomic E-state index is 13.6. The van der Waals surface area contributed by atoms with Crippen LogP contribution in [0.1, 0.15) is 61.4 Å². The van der Waals surface area contributed by atoms with E-state index in [9.17, 15) is 19.5 Å². The predicted octanol–water partition coefficient (Wildman–Crippen LogP) is 5.78. The lowest BCUT2D eigenvalue weighted by Crippen LogP contribution is -2.35. The fourth-order valence-electron chi connectivity index (χ4n) is 6.00. The summed E-state index contributed by atoms with van der Waals surface area (Å²) in [6, 6.07) is 17.9. The third-order valence-corrected chi connectivity index (χ3v) is 7.97. The molecule has 9 nitrogen and oxygen atoms in total. The van der Waals surface area contributed by atoms with Gasteiger partial charge in [0, 0.05) is 24.2 Å². The molecule has 3 atom stereocenters. The molecule has 1 unspecified atom stereocenters. The van der Waals surface area contributed by atoms with Crippen molar-refractivity contribution in [1.82, 2.24) is 4.90 Å². The van der Waals surface area contributed by atoms with E-state index in [0.717, 1.165) is 41.6 Å². The van der Waals surface area contributed by atoms with Crippen LogP contribution in [0.4, 0.5) is 5.69 Å². The predicted molar refractivity (Wildman–Crippen MR) is 159 cm³/mol. The number of aliphatic carboxylic acids is 1. The fraction of sp³-hybridized carbons (Fsp3) is 0.364. The van der Waals surface area contributed by atoms with Crippen LogP contribution in [0, 0.1) is 5.92 Å². The van der Waals surface area contributed by atoms with E-state index in [4.69, 9.17) is 13.6 Å². The molecule has 0 bridgehead atoms. The average molecular weight is 573 g/mol. The Kier molecular flexibility index (Phi) is 8.77. The molecule has 0 spiro atoms. The highest BCUT2D eigenvalue weighted by Gasteiger charge is 2.48. The summed E-state index contributed by atoms with van der Waals surface area (Å²) in [5, 5.41) is 13.7. The summed E-state index contributed by atoms with van der Waals surface area (Å²) >= 11 is 0. The number of hydrogen-bond acceptors (Lipinski definition) is 7. The number of nitrogens with one attached hydrogen (secondary N) is 1. The van der Waals surface area contributed by atoms with Gasteiger partial charge in [-0.05, 0) is 65.8 Å². The smallest absolute Gasteiger partial charge is 0.494 e. The lowest BCUT2D eigenvalue weighted by atomic mass is 9.83. The molecule has 4 aromatic rings. The molecular formula is C33H36N2O7. The molecule has 1 saturated heterocycles. The van der Waals surface area contributed by atoms with Gasteiger partial charge in [-0.25, -0.2) is 4.79 Å². The van der Waals surface area contributed by atoms with Crippen LogP contribution >= 0.6 is 0 Å². The Morgan fingerprint density at radius 1 is 0.952 bits per heavy atom. The zero-order valence-corrected chi connectivity index (χ0v) is 24.1. The minimum absolute atomic E-state index is 0.00325. The van der Waals surface area contributed by atoms with Gasteiger partial charge < -0.3 is 24.0 Å². The number of fused-ring (bicyclic) bond motifs is 1. The van der Waals surface area contributed by atoms with Gasteiger partial charge in [0.2, 0.25) is 5.91 Å². The van der Waals surface area contributed by atoms with Crippen LogP contribution in [0.3, 0.4) is 0 Å². The Morgan fingerprint density at radius 2 is 1.62 bits per heavy atom. The van der Waals surface area contributed by atoms with Crippen molar-refractivity contribution in [2.45, 2.75) is 52.0 Å². The van der Waals surface area contributed by atoms with E-state index in [-0.39, 0.29) is 18.0 Å². The van der Waals surface area contributed by atoms with Crippen LogP contribution in [0.2, 0.25) is 0 Å². The number of amides is 1. The van der Waals surface area contributed by atoms with Gasteiger partial charge in [-0.15, -0.1) is 0 Å². The van der Waals surface area contributed by atoms with Gasteiger partial charge in [0.1, 0.15) is 5.75 Å². The Morgan fingerprint density at radius 3 is 2.26 bits per heavy atom. The number of carbonyl (C=O) groups excluding carboxylic acids is 1. The van der Waals surface area contributed by atoms with Gasteiger partial charge in [0.25, 0.3) is 0 Å². The van der Waals surface area contributed by atoms with Crippen LogP contribution in [0.5, 0.6) is 5.75 Å². The van der Waals surface area contributed by atoms with E-state index in [0.29, 0.717) is 30.0 Å². The topological polar surface area (TPSA) is 122 Å². The molecule has 220 valence electrons. The van der Waals surface area contributed by atoms with Gasteiger partial charge in [0.05, 0.1) is 19.1 Å². The van der Waals surface area contributed by atoms with Crippen LogP contribution in [-0.2, 0) is 22.4 Å². The second kappa shape index (κ2) is 12.7. The number of benzene rings is 3. The normalized spacial score (nSPS) is 18.8. The van der Waals surface area contributed by atoms with Gasteiger partial charge in [-0.2, -0.15) is 0 Å². The summed E-state index contributed by atoms with van der Waals surface area (Å²) < 4.78 is 15.9. The van der Waals surface area contributed by atoms with Crippen molar-refractivity contribution >= 4 is 28.7 Å². The lowest BCUT2D eigenvalue weighted by molar-refractivity contribution is -0.143. The van der Waals surface area contributed by atoms with E-state index < -0.39 is 29.7 Å². The molecule has 0 aliphatic carbocycles. The molecule has 1 aliphatic heterocycles. The number of ether oxygens (including phenoxy) is 1. The minimum atomic E-state index is -0.974. The Balaban J connectivity index is 1.50. The summed E-state index contributed by atoms with van der Waals surface area (Å²) in [5.74, 6) is -2.64. The van der Waals surface area contributed by atoms with E-state index in [1.54, 1.807) is 18.2 Å². The number of rotatable bonds is 11. The zero-order chi connectivity index (χ0) is 29.8. The quantitative estimate of drug-likeness (QED) is 0.232. The van der Waals surface area contributed by atoms with Crippen molar-refractivity contribution in [3.05, 3.63) is 93.5 Å². The first-order valence-electron chi connectivity index (χ1n) is 14.5. The number of aryl methyl sites for hydroxylation is 2. The number of carboxylic acids is 1. The van der Waals surface area contributed by atoms with Crippen LogP contribution in [-0.4, -0.2) is 41.6 Å². The molecule has 3 aromatic carbocycles. The van der Waals surface area contributed by atoms with Crippen molar-refractivity contribution < 1.29 is 28.3 Å². The third-order valence-electron chi connectivity index (χ3n) is 7.97. The largest absolute Gasteiger partial charge is 0.519 e. The fourth-order valence-corrected chi connectivity index (χ4v) is 6.00. The molecule has 0 radical (unpaired) electrons. The summed E-state index contributed by atoms with van der Waals surface area (Å²) in [6.45, 7) is 7.03. The van der Waals surface area contributed by atoms with Crippen molar-refractivity contribution in [3.8, 4) is 5.75 Å². The Hall–Kier alpha value is -4.37. The minimum Gasteiger partial charge on any atom is -0.494 e. The number of nitrogens with zero attached hydrogens (tertiary/aromatic N) is 1. The monoisotopic (exact) mass is 572 g/mol. The van der Waals surface area contributed by atoms with Crippen molar-refractivity contribution in [2.24, 2.45) is 5.92 Å². The number of anilines is 1. The molecule has 0 saturated carbocycles. The van der Waals surface area contributed by atoms with E-state index in [1.165, 1.54) is 0 Å². The Labute approximate surface area is 244 Å². The second-order valence-electron chi connectivity index (χ2n) is 10.6. The molecule has 5 rings (SSSR count). The number of hydrogen-bond donors (Lipinski definition) is 2. The number of para-hydroxylation sites is 1. The molecule has 9 heteroatoms. The molecule has 2 N–H and O–H groups in total. The highest BCUT2D eigenvalue weighted by Crippen LogP contribution is 2.46. The Bertz CT molecular complexity index is 1600. The second-order valence-corrected chi connectivity index (χ2v) is 10.6. The van der Waals surface area contributed by atoms with Crippen molar-refractivity contribution in [2.75, 3.05) is 25.0 Å². The SMILES string of the molecule is CCCOc1ccc([C@H]2C(C(=O)O)[C@@H](c3ccc4oc(=O)oc4c3)CN2CC(=O)Nc2c(CC)cccc2CC)cc1.